The second kappa shape index (κ2) is 7.73. The number of nitrogens with zero attached hydrogens (tertiary/aromatic N) is 3. The average Bonchev–Trinajstić information content (AvgIpc) is 3.53. The Morgan fingerprint density at radius 3 is 2.47 bits per heavy atom. The number of methoxy groups -OCH3 is 1. The molecule has 2 aliphatic carbocycles. The number of ether oxygens (including phenoxy) is 1. The van der Waals surface area contributed by atoms with Crippen molar-refractivity contribution in [1.29, 1.82) is 0 Å². The molecule has 1 aromatic carbocycles. The lowest BCUT2D eigenvalue weighted by atomic mass is 9.77. The van der Waals surface area contributed by atoms with Crippen molar-refractivity contribution in [3.8, 4) is 5.75 Å². The van der Waals surface area contributed by atoms with E-state index in [9.17, 15) is 9.90 Å². The number of carbonyl (C=O) groups excluding carboxylic acids is 1. The summed E-state index contributed by atoms with van der Waals surface area (Å²) in [5.41, 5.74) is 0.717. The van der Waals surface area contributed by atoms with Crippen LogP contribution < -0.4 is 4.74 Å². The molecule has 1 aromatic heterocycles. The van der Waals surface area contributed by atoms with Crippen molar-refractivity contribution in [3.63, 3.8) is 0 Å². The highest BCUT2D eigenvalue weighted by molar-refractivity contribution is 5.89. The molecular weight excluding hydrogens is 378 g/mol. The van der Waals surface area contributed by atoms with E-state index < -0.39 is 11.5 Å². The van der Waals surface area contributed by atoms with E-state index in [1.807, 2.05) is 29.1 Å². The Balaban J connectivity index is 1.36. The molecule has 2 saturated carbocycles. The van der Waals surface area contributed by atoms with Gasteiger partial charge in [-0.15, -0.1) is 0 Å². The molecule has 1 aliphatic heterocycles. The molecule has 2 heterocycles. The van der Waals surface area contributed by atoms with Crippen LogP contribution in [0.15, 0.2) is 42.7 Å². The summed E-state index contributed by atoms with van der Waals surface area (Å²) >= 11 is 0. The molecule has 4 atom stereocenters. The number of amides is 1. The molecule has 6 heteroatoms. The van der Waals surface area contributed by atoms with Crippen LogP contribution >= 0.6 is 0 Å². The molecule has 1 saturated heterocycles. The van der Waals surface area contributed by atoms with Crippen LogP contribution in [0, 0.1) is 11.8 Å². The Hall–Kier alpha value is -2.34. The average molecular weight is 410 g/mol. The fraction of sp³-hybridized carbons (Fsp3) is 0.583. The number of carbonyl (C=O) groups is 1. The van der Waals surface area contributed by atoms with Crippen molar-refractivity contribution in [1.82, 2.24) is 14.7 Å². The van der Waals surface area contributed by atoms with E-state index in [4.69, 9.17) is 4.74 Å². The summed E-state index contributed by atoms with van der Waals surface area (Å²) in [4.78, 5) is 16.0. The number of benzene rings is 1. The van der Waals surface area contributed by atoms with Gasteiger partial charge in [0.2, 0.25) is 5.91 Å². The van der Waals surface area contributed by atoms with Crippen LogP contribution in [0.5, 0.6) is 5.75 Å². The monoisotopic (exact) mass is 409 g/mol. The van der Waals surface area contributed by atoms with Gasteiger partial charge in [0, 0.05) is 25.5 Å². The normalized spacial score (nSPS) is 30.3. The van der Waals surface area contributed by atoms with Gasteiger partial charge in [0.15, 0.2) is 0 Å². The largest absolute Gasteiger partial charge is 0.497 e. The summed E-state index contributed by atoms with van der Waals surface area (Å²) in [6, 6.07) is 10.0. The zero-order valence-electron chi connectivity index (χ0n) is 17.6. The molecule has 5 rings (SSSR count). The number of hydrogen-bond acceptors (Lipinski definition) is 4. The van der Waals surface area contributed by atoms with Crippen LogP contribution in [0.1, 0.15) is 50.1 Å². The van der Waals surface area contributed by atoms with E-state index in [1.165, 1.54) is 0 Å². The van der Waals surface area contributed by atoms with E-state index in [2.05, 4.69) is 22.1 Å². The second-order valence-corrected chi connectivity index (χ2v) is 9.34. The molecule has 0 bridgehead atoms. The van der Waals surface area contributed by atoms with Gasteiger partial charge < -0.3 is 14.7 Å². The molecule has 1 N–H and O–H groups in total. The van der Waals surface area contributed by atoms with Gasteiger partial charge in [0.1, 0.15) is 5.75 Å². The number of aromatic nitrogens is 2. The zero-order chi connectivity index (χ0) is 20.7. The first kappa shape index (κ1) is 19.6. The molecule has 3 aliphatic rings. The summed E-state index contributed by atoms with van der Waals surface area (Å²) in [6.07, 6.45) is 8.96. The molecule has 3 fully saturated rings. The van der Waals surface area contributed by atoms with Gasteiger partial charge in [0.05, 0.1) is 24.7 Å². The first-order valence-electron chi connectivity index (χ1n) is 11.2. The molecule has 160 valence electrons. The summed E-state index contributed by atoms with van der Waals surface area (Å²) in [5, 5.41) is 15.1. The van der Waals surface area contributed by atoms with Gasteiger partial charge in [-0.25, -0.2) is 0 Å². The van der Waals surface area contributed by atoms with Crippen LogP contribution in [-0.4, -0.2) is 52.0 Å². The fourth-order valence-electron chi connectivity index (χ4n) is 6.15. The summed E-state index contributed by atoms with van der Waals surface area (Å²) < 4.78 is 7.20. The van der Waals surface area contributed by atoms with Crippen molar-refractivity contribution in [2.24, 2.45) is 11.8 Å². The maximum absolute atomic E-state index is 13.9. The van der Waals surface area contributed by atoms with Crippen molar-refractivity contribution in [3.05, 3.63) is 48.3 Å². The highest BCUT2D eigenvalue weighted by Crippen LogP contribution is 2.46. The molecular formula is C24H31N3O3. The smallest absolute Gasteiger partial charge is 0.233 e. The quantitative estimate of drug-likeness (QED) is 0.842. The Labute approximate surface area is 177 Å². The van der Waals surface area contributed by atoms with E-state index in [0.29, 0.717) is 11.8 Å². The molecule has 6 nitrogen and oxygen atoms in total. The van der Waals surface area contributed by atoms with E-state index in [-0.39, 0.29) is 11.9 Å². The number of hydrogen-bond donors (Lipinski definition) is 1. The minimum atomic E-state index is -0.403. The summed E-state index contributed by atoms with van der Waals surface area (Å²) in [6.45, 7) is 1.57. The number of rotatable bonds is 4. The first-order valence-corrected chi connectivity index (χ1v) is 11.2. The standard InChI is InChI=1S/C24H31N3O3/c1-30-20-7-5-19(6-8-20)24(9-2-3-10-24)23(29)26-15-17-13-21(27-12-4-11-25-27)22(28)14-18(17)16-26/h4-8,11-12,17-18,21-22,28H,2-3,9-10,13-16H2,1H3/t17-,18+,21-,22-/m1/s1. The maximum atomic E-state index is 13.9. The summed E-state index contributed by atoms with van der Waals surface area (Å²) in [7, 11) is 1.67. The van der Waals surface area contributed by atoms with Crippen molar-refractivity contribution >= 4 is 5.91 Å². The minimum Gasteiger partial charge on any atom is -0.497 e. The van der Waals surface area contributed by atoms with Gasteiger partial charge in [0.25, 0.3) is 0 Å². The molecule has 1 amide bonds. The molecule has 2 aromatic rings. The van der Waals surface area contributed by atoms with Crippen molar-refractivity contribution in [2.45, 2.75) is 56.1 Å². The third-order valence-electron chi connectivity index (χ3n) is 7.77. The fourth-order valence-corrected chi connectivity index (χ4v) is 6.15. The van der Waals surface area contributed by atoms with Gasteiger partial charge >= 0.3 is 0 Å². The third-order valence-corrected chi connectivity index (χ3v) is 7.77. The van der Waals surface area contributed by atoms with Gasteiger partial charge in [-0.1, -0.05) is 25.0 Å². The topological polar surface area (TPSA) is 67.6 Å². The van der Waals surface area contributed by atoms with Gasteiger partial charge in [-0.05, 0) is 61.3 Å². The predicted octanol–water partition coefficient (Wildman–Crippen LogP) is 3.17. The van der Waals surface area contributed by atoms with E-state index in [0.717, 1.165) is 62.9 Å². The zero-order valence-corrected chi connectivity index (χ0v) is 17.6. The molecule has 0 radical (unpaired) electrons. The van der Waals surface area contributed by atoms with Crippen LogP contribution in [0.25, 0.3) is 0 Å². The van der Waals surface area contributed by atoms with Crippen LogP contribution in [0.2, 0.25) is 0 Å². The third kappa shape index (κ3) is 3.22. The Kier molecular flexibility index (Phi) is 5.05. The highest BCUT2D eigenvalue weighted by Gasteiger charge is 2.50. The lowest BCUT2D eigenvalue weighted by Crippen LogP contribution is -2.44. The van der Waals surface area contributed by atoms with E-state index in [1.54, 1.807) is 13.3 Å². The minimum absolute atomic E-state index is 0.0123. The van der Waals surface area contributed by atoms with Crippen molar-refractivity contribution < 1.29 is 14.6 Å². The Morgan fingerprint density at radius 1 is 1.13 bits per heavy atom. The van der Waals surface area contributed by atoms with Gasteiger partial charge in [-0.2, -0.15) is 5.10 Å². The Bertz CT molecular complexity index is 874. The predicted molar refractivity (Wildman–Crippen MR) is 113 cm³/mol. The first-order chi connectivity index (χ1) is 14.6. The van der Waals surface area contributed by atoms with Crippen LogP contribution in [0.4, 0.5) is 0 Å². The molecule has 0 spiro atoms. The van der Waals surface area contributed by atoms with Crippen LogP contribution in [-0.2, 0) is 10.2 Å². The summed E-state index contributed by atoms with van der Waals surface area (Å²) in [5.74, 6) is 1.92. The number of aliphatic hydroxyl groups excluding tert-OH is 1. The second-order valence-electron chi connectivity index (χ2n) is 9.34. The Morgan fingerprint density at radius 2 is 1.83 bits per heavy atom. The molecule has 0 unspecified atom stereocenters. The number of aliphatic hydroxyl groups is 1. The SMILES string of the molecule is COc1ccc(C2(C(=O)N3C[C@H]4C[C@@H](n5cccn5)[C@H](O)C[C@H]4C3)CCCC2)cc1. The lowest BCUT2D eigenvalue weighted by Gasteiger charge is -2.35. The maximum Gasteiger partial charge on any atom is 0.233 e. The highest BCUT2D eigenvalue weighted by atomic mass is 16.5. The number of fused-ring (bicyclic) bond motifs is 1. The molecule has 30 heavy (non-hydrogen) atoms. The lowest BCUT2D eigenvalue weighted by molar-refractivity contribution is -0.136. The van der Waals surface area contributed by atoms with Crippen LogP contribution in [0.3, 0.4) is 0 Å². The van der Waals surface area contributed by atoms with E-state index >= 15 is 0 Å². The van der Waals surface area contributed by atoms with Crippen molar-refractivity contribution in [2.75, 3.05) is 20.2 Å². The van der Waals surface area contributed by atoms with Gasteiger partial charge in [-0.3, -0.25) is 9.48 Å². The number of likely N-dealkylation sites (tertiary alicyclic amines) is 1.